The number of rotatable bonds is 8. The van der Waals surface area contributed by atoms with Crippen LogP contribution in [0.2, 0.25) is 5.02 Å². The molecule has 1 aromatic rings. The largest absolute Gasteiger partial charge is 0.354 e. The highest BCUT2D eigenvalue weighted by Crippen LogP contribution is 2.26. The standard InChI is InChI=1S/C16H25ClN2O/c1-4-9-16(20)18-12-15(19(5-2)6-3)13-10-7-8-11-14(13)17/h7-8,10-11,15H,4-6,9,12H2,1-3H3,(H,18,20)/t15-/m1/s1. The van der Waals surface area contributed by atoms with Crippen molar-refractivity contribution in [3.63, 3.8) is 0 Å². The number of nitrogens with zero attached hydrogens (tertiary/aromatic N) is 1. The zero-order valence-corrected chi connectivity index (χ0v) is 13.4. The molecular weight excluding hydrogens is 272 g/mol. The normalized spacial score (nSPS) is 12.4. The van der Waals surface area contributed by atoms with E-state index in [1.807, 2.05) is 31.2 Å². The highest BCUT2D eigenvalue weighted by Gasteiger charge is 2.20. The first-order chi connectivity index (χ1) is 9.63. The first-order valence-corrected chi connectivity index (χ1v) is 7.76. The Morgan fingerprint density at radius 2 is 1.90 bits per heavy atom. The molecule has 0 fully saturated rings. The Labute approximate surface area is 127 Å². The molecule has 0 aliphatic rings. The van der Waals surface area contributed by atoms with E-state index in [9.17, 15) is 4.79 Å². The summed E-state index contributed by atoms with van der Waals surface area (Å²) in [5.74, 6) is 0.108. The molecule has 0 aromatic heterocycles. The predicted molar refractivity (Wildman–Crippen MR) is 85.0 cm³/mol. The third kappa shape index (κ3) is 4.80. The fraction of sp³-hybridized carbons (Fsp3) is 0.562. The van der Waals surface area contributed by atoms with Gasteiger partial charge in [0, 0.05) is 18.0 Å². The predicted octanol–water partition coefficient (Wildman–Crippen LogP) is 3.64. The minimum absolute atomic E-state index is 0.108. The Balaban J connectivity index is 2.86. The highest BCUT2D eigenvalue weighted by molar-refractivity contribution is 6.31. The van der Waals surface area contributed by atoms with E-state index in [4.69, 9.17) is 11.6 Å². The van der Waals surface area contributed by atoms with Crippen molar-refractivity contribution in [2.45, 2.75) is 39.7 Å². The summed E-state index contributed by atoms with van der Waals surface area (Å²) in [6.07, 6.45) is 1.45. The lowest BCUT2D eigenvalue weighted by Crippen LogP contribution is -2.38. The van der Waals surface area contributed by atoms with Gasteiger partial charge in [0.25, 0.3) is 0 Å². The first-order valence-electron chi connectivity index (χ1n) is 7.39. The monoisotopic (exact) mass is 296 g/mol. The van der Waals surface area contributed by atoms with Gasteiger partial charge in [-0.3, -0.25) is 9.69 Å². The number of carbonyl (C=O) groups excluding carboxylic acids is 1. The second kappa shape index (κ2) is 8.98. The van der Waals surface area contributed by atoms with Crippen molar-refractivity contribution >= 4 is 17.5 Å². The van der Waals surface area contributed by atoms with Crippen LogP contribution in [0.25, 0.3) is 0 Å². The number of carbonyl (C=O) groups is 1. The van der Waals surface area contributed by atoms with Crippen LogP contribution in [0.4, 0.5) is 0 Å². The zero-order chi connectivity index (χ0) is 15.0. The van der Waals surface area contributed by atoms with E-state index in [-0.39, 0.29) is 11.9 Å². The summed E-state index contributed by atoms with van der Waals surface area (Å²) < 4.78 is 0. The Hall–Kier alpha value is -1.06. The fourth-order valence-corrected chi connectivity index (χ4v) is 2.63. The molecule has 1 amide bonds. The molecule has 0 heterocycles. The van der Waals surface area contributed by atoms with Gasteiger partial charge in [0.2, 0.25) is 5.91 Å². The van der Waals surface area contributed by atoms with Crippen molar-refractivity contribution in [2.24, 2.45) is 0 Å². The summed E-state index contributed by atoms with van der Waals surface area (Å²) in [7, 11) is 0. The summed E-state index contributed by atoms with van der Waals surface area (Å²) in [6.45, 7) is 8.72. The van der Waals surface area contributed by atoms with Gasteiger partial charge in [0.05, 0.1) is 6.04 Å². The minimum atomic E-state index is 0.108. The SMILES string of the molecule is CCCC(=O)NC[C@H](c1ccccc1Cl)N(CC)CC. The van der Waals surface area contributed by atoms with Crippen molar-refractivity contribution in [2.75, 3.05) is 19.6 Å². The van der Waals surface area contributed by atoms with Gasteiger partial charge in [-0.25, -0.2) is 0 Å². The molecule has 0 bridgehead atoms. The lowest BCUT2D eigenvalue weighted by atomic mass is 10.0. The molecular formula is C16H25ClN2O. The second-order valence-corrected chi connectivity index (χ2v) is 5.22. The summed E-state index contributed by atoms with van der Waals surface area (Å²) in [6, 6.07) is 7.99. The van der Waals surface area contributed by atoms with Crippen molar-refractivity contribution in [3.8, 4) is 0 Å². The van der Waals surface area contributed by atoms with Gasteiger partial charge >= 0.3 is 0 Å². The molecule has 3 nitrogen and oxygen atoms in total. The van der Waals surface area contributed by atoms with E-state index in [0.29, 0.717) is 13.0 Å². The van der Waals surface area contributed by atoms with Crippen LogP contribution in [0.15, 0.2) is 24.3 Å². The summed E-state index contributed by atoms with van der Waals surface area (Å²) in [4.78, 5) is 14.0. The maximum Gasteiger partial charge on any atom is 0.220 e. The fourth-order valence-electron chi connectivity index (χ4n) is 2.37. The van der Waals surface area contributed by atoms with Gasteiger partial charge in [-0.2, -0.15) is 0 Å². The van der Waals surface area contributed by atoms with Crippen LogP contribution in [0.1, 0.15) is 45.2 Å². The summed E-state index contributed by atoms with van der Waals surface area (Å²) >= 11 is 6.31. The van der Waals surface area contributed by atoms with Crippen molar-refractivity contribution < 1.29 is 4.79 Å². The molecule has 1 atom stereocenters. The number of hydrogen-bond donors (Lipinski definition) is 1. The molecule has 0 aliphatic carbocycles. The molecule has 0 spiro atoms. The van der Waals surface area contributed by atoms with E-state index in [2.05, 4.69) is 24.1 Å². The van der Waals surface area contributed by atoms with Gasteiger partial charge in [-0.1, -0.05) is 50.6 Å². The van der Waals surface area contributed by atoms with E-state index in [1.165, 1.54) is 0 Å². The van der Waals surface area contributed by atoms with E-state index < -0.39 is 0 Å². The first kappa shape index (κ1) is 17.0. The average molecular weight is 297 g/mol. The van der Waals surface area contributed by atoms with E-state index >= 15 is 0 Å². The van der Waals surface area contributed by atoms with Crippen molar-refractivity contribution in [3.05, 3.63) is 34.9 Å². The molecule has 0 radical (unpaired) electrons. The molecule has 0 saturated carbocycles. The van der Waals surface area contributed by atoms with Crippen LogP contribution in [0.3, 0.4) is 0 Å². The number of halogens is 1. The van der Waals surface area contributed by atoms with E-state index in [0.717, 1.165) is 30.1 Å². The molecule has 112 valence electrons. The second-order valence-electron chi connectivity index (χ2n) is 4.81. The number of likely N-dealkylation sites (N-methyl/N-ethyl adjacent to an activating group) is 1. The highest BCUT2D eigenvalue weighted by atomic mass is 35.5. The Kier molecular flexibility index (Phi) is 7.63. The van der Waals surface area contributed by atoms with Crippen LogP contribution in [-0.2, 0) is 4.79 Å². The van der Waals surface area contributed by atoms with Crippen LogP contribution in [0, 0.1) is 0 Å². The summed E-state index contributed by atoms with van der Waals surface area (Å²) in [5.41, 5.74) is 1.08. The Morgan fingerprint density at radius 3 is 2.45 bits per heavy atom. The lowest BCUT2D eigenvalue weighted by Gasteiger charge is -2.30. The smallest absolute Gasteiger partial charge is 0.220 e. The molecule has 4 heteroatoms. The average Bonchev–Trinajstić information content (AvgIpc) is 2.45. The van der Waals surface area contributed by atoms with Gasteiger partial charge in [0.1, 0.15) is 0 Å². The van der Waals surface area contributed by atoms with Gasteiger partial charge in [-0.05, 0) is 31.1 Å². The van der Waals surface area contributed by atoms with Crippen LogP contribution < -0.4 is 5.32 Å². The molecule has 1 rings (SSSR count). The van der Waals surface area contributed by atoms with Gasteiger partial charge in [-0.15, -0.1) is 0 Å². The van der Waals surface area contributed by atoms with Crippen LogP contribution in [-0.4, -0.2) is 30.4 Å². The Bertz CT molecular complexity index is 419. The van der Waals surface area contributed by atoms with Gasteiger partial charge in [0.15, 0.2) is 0 Å². The molecule has 1 N–H and O–H groups in total. The van der Waals surface area contributed by atoms with E-state index in [1.54, 1.807) is 0 Å². The maximum absolute atomic E-state index is 11.7. The van der Waals surface area contributed by atoms with Crippen molar-refractivity contribution in [1.29, 1.82) is 0 Å². The number of benzene rings is 1. The number of hydrogen-bond acceptors (Lipinski definition) is 2. The van der Waals surface area contributed by atoms with Gasteiger partial charge < -0.3 is 5.32 Å². The van der Waals surface area contributed by atoms with Crippen LogP contribution in [0.5, 0.6) is 0 Å². The third-order valence-electron chi connectivity index (χ3n) is 3.49. The molecule has 1 aromatic carbocycles. The number of amides is 1. The lowest BCUT2D eigenvalue weighted by molar-refractivity contribution is -0.121. The molecule has 20 heavy (non-hydrogen) atoms. The number of nitrogens with one attached hydrogen (secondary N) is 1. The third-order valence-corrected chi connectivity index (χ3v) is 3.83. The zero-order valence-electron chi connectivity index (χ0n) is 12.7. The Morgan fingerprint density at radius 1 is 1.25 bits per heavy atom. The van der Waals surface area contributed by atoms with Crippen molar-refractivity contribution in [1.82, 2.24) is 10.2 Å². The molecule has 0 saturated heterocycles. The maximum atomic E-state index is 11.7. The van der Waals surface area contributed by atoms with Crippen LogP contribution >= 0.6 is 11.6 Å². The topological polar surface area (TPSA) is 32.3 Å². The molecule has 0 unspecified atom stereocenters. The quantitative estimate of drug-likeness (QED) is 0.794. The minimum Gasteiger partial charge on any atom is -0.354 e. The molecule has 0 aliphatic heterocycles. The summed E-state index contributed by atoms with van der Waals surface area (Å²) in [5, 5.41) is 3.78.